The van der Waals surface area contributed by atoms with E-state index in [0.29, 0.717) is 19.4 Å². The van der Waals surface area contributed by atoms with Crippen molar-refractivity contribution >= 4 is 11.9 Å². The Labute approximate surface area is 513 Å². The van der Waals surface area contributed by atoms with Crippen LogP contribution >= 0.6 is 0 Å². The van der Waals surface area contributed by atoms with Crippen molar-refractivity contribution in [3.8, 4) is 0 Å². The molecule has 0 aromatic carbocycles. The Hall–Kier alpha value is -1.92. The lowest BCUT2D eigenvalue weighted by Crippen LogP contribution is -2.45. The quantitative estimate of drug-likeness (QED) is 0.0320. The van der Waals surface area contributed by atoms with Crippen molar-refractivity contribution in [1.29, 1.82) is 0 Å². The van der Waals surface area contributed by atoms with Crippen LogP contribution in [-0.4, -0.2) is 47.4 Å². The molecule has 6 nitrogen and oxygen atoms in total. The summed E-state index contributed by atoms with van der Waals surface area (Å²) in [5.41, 5.74) is 0. The lowest BCUT2D eigenvalue weighted by Gasteiger charge is -2.20. The second-order valence-corrected chi connectivity index (χ2v) is 25.6. The van der Waals surface area contributed by atoms with E-state index in [1.807, 2.05) is 6.08 Å². The molecule has 0 saturated heterocycles. The number of hydrogen-bond donors (Lipinski definition) is 3. The fourth-order valence-electron chi connectivity index (χ4n) is 11.7. The molecule has 0 aliphatic rings. The summed E-state index contributed by atoms with van der Waals surface area (Å²) in [4.78, 5) is 24.6. The fraction of sp³-hybridized carbons (Fsp3) is 0.895. The molecule has 0 fully saturated rings. The van der Waals surface area contributed by atoms with E-state index in [1.165, 1.54) is 340 Å². The van der Waals surface area contributed by atoms with Gasteiger partial charge in [-0.2, -0.15) is 0 Å². The maximum atomic E-state index is 12.5. The highest BCUT2D eigenvalue weighted by atomic mass is 16.5. The first-order valence-corrected chi connectivity index (χ1v) is 37.3. The zero-order valence-corrected chi connectivity index (χ0v) is 55.5. The number of carbonyl (C=O) groups is 2. The third-order valence-corrected chi connectivity index (χ3v) is 17.4. The van der Waals surface area contributed by atoms with Gasteiger partial charge in [-0.15, -0.1) is 0 Å². The highest BCUT2D eigenvalue weighted by molar-refractivity contribution is 5.76. The number of esters is 1. The number of aliphatic hydroxyl groups is 2. The van der Waals surface area contributed by atoms with Crippen LogP contribution in [0.5, 0.6) is 0 Å². The Morgan fingerprint density at radius 1 is 0.329 bits per heavy atom. The number of aliphatic hydroxyl groups excluding tert-OH is 2. The summed E-state index contributed by atoms with van der Waals surface area (Å²) in [7, 11) is 0. The minimum atomic E-state index is -0.844. The lowest BCUT2D eigenvalue weighted by atomic mass is 10.0. The topological polar surface area (TPSA) is 95.9 Å². The van der Waals surface area contributed by atoms with Crippen LogP contribution in [0.2, 0.25) is 0 Å². The molecule has 0 aromatic heterocycles. The largest absolute Gasteiger partial charge is 0.466 e. The van der Waals surface area contributed by atoms with Crippen LogP contribution in [0.1, 0.15) is 412 Å². The zero-order valence-electron chi connectivity index (χ0n) is 55.5. The van der Waals surface area contributed by atoms with Gasteiger partial charge in [-0.05, 0) is 83.5 Å². The van der Waals surface area contributed by atoms with E-state index >= 15 is 0 Å². The molecule has 6 heteroatoms. The van der Waals surface area contributed by atoms with Crippen molar-refractivity contribution in [2.75, 3.05) is 13.2 Å². The second-order valence-electron chi connectivity index (χ2n) is 25.6. The number of allylic oxidation sites excluding steroid dienone is 5. The van der Waals surface area contributed by atoms with Crippen LogP contribution < -0.4 is 5.32 Å². The van der Waals surface area contributed by atoms with E-state index in [1.54, 1.807) is 6.08 Å². The SMILES string of the molecule is CCCCCC/C=C\CCCCCCCC(=O)OCCCCCCCCCCCCCC/C=C\CCCCCCCCCCCCCCCCCCC(=O)NC(CO)C(O)/C=C/CCCCCCCCCCCCCCCCCCCC. The average Bonchev–Trinajstić information content (AvgIpc) is 3.48. The van der Waals surface area contributed by atoms with E-state index in [0.717, 1.165) is 44.9 Å². The first kappa shape index (κ1) is 80.1. The van der Waals surface area contributed by atoms with Crippen molar-refractivity contribution in [1.82, 2.24) is 5.32 Å². The Morgan fingerprint density at radius 2 is 0.573 bits per heavy atom. The standard InChI is InChI=1S/C76H145NO5/c1-3-5-7-9-11-13-15-17-18-19-20-35-38-41-45-48-52-56-60-64-68-74(79)73(72-78)77-75(80)69-65-61-57-53-49-46-42-39-36-33-31-29-27-25-23-21-22-24-26-28-30-32-34-37-40-43-47-51-55-59-63-67-71-82-76(81)70-66-62-58-54-50-44-16-14-12-10-8-6-4-2/h14,16,24,26,64,68,73-74,78-79H,3-13,15,17-23,25,27-63,65-67,69-72H2,1-2H3,(H,77,80)/b16-14-,26-24-,68-64+. The average molecular weight is 1150 g/mol. The van der Waals surface area contributed by atoms with Crippen molar-refractivity contribution < 1.29 is 24.5 Å². The number of amides is 1. The van der Waals surface area contributed by atoms with Crippen LogP contribution in [0.15, 0.2) is 36.5 Å². The predicted octanol–water partition coefficient (Wildman–Crippen LogP) is 24.3. The highest BCUT2D eigenvalue weighted by Gasteiger charge is 2.18. The van der Waals surface area contributed by atoms with Gasteiger partial charge in [0.1, 0.15) is 0 Å². The number of carbonyl (C=O) groups excluding carboxylic acids is 2. The molecule has 3 N–H and O–H groups in total. The molecule has 0 saturated carbocycles. The smallest absolute Gasteiger partial charge is 0.305 e. The number of hydrogen-bond acceptors (Lipinski definition) is 5. The van der Waals surface area contributed by atoms with Crippen molar-refractivity contribution in [3.05, 3.63) is 36.5 Å². The van der Waals surface area contributed by atoms with E-state index < -0.39 is 12.1 Å². The molecule has 0 aromatic rings. The number of rotatable bonds is 70. The van der Waals surface area contributed by atoms with Gasteiger partial charge in [-0.1, -0.05) is 352 Å². The Bertz CT molecular complexity index is 1330. The normalized spacial score (nSPS) is 12.7. The first-order valence-electron chi connectivity index (χ1n) is 37.3. The van der Waals surface area contributed by atoms with Crippen LogP contribution in [0, 0.1) is 0 Å². The van der Waals surface area contributed by atoms with Gasteiger partial charge in [0, 0.05) is 12.8 Å². The Kier molecular flexibility index (Phi) is 69.9. The summed E-state index contributed by atoms with van der Waals surface area (Å²) < 4.78 is 5.48. The summed E-state index contributed by atoms with van der Waals surface area (Å²) in [6.45, 7) is 4.92. The van der Waals surface area contributed by atoms with Gasteiger partial charge in [0.05, 0.1) is 25.4 Å². The number of nitrogens with one attached hydrogen (secondary N) is 1. The first-order chi connectivity index (χ1) is 40.5. The second kappa shape index (κ2) is 71.6. The summed E-state index contributed by atoms with van der Waals surface area (Å²) in [5, 5.41) is 23.3. The van der Waals surface area contributed by atoms with E-state index in [2.05, 4.69) is 43.5 Å². The van der Waals surface area contributed by atoms with Crippen LogP contribution in [-0.2, 0) is 14.3 Å². The number of ether oxygens (including phenoxy) is 1. The molecule has 484 valence electrons. The molecule has 2 unspecified atom stereocenters. The molecule has 82 heavy (non-hydrogen) atoms. The van der Waals surface area contributed by atoms with Gasteiger partial charge in [0.25, 0.3) is 0 Å². The fourth-order valence-corrected chi connectivity index (χ4v) is 11.7. The van der Waals surface area contributed by atoms with E-state index in [-0.39, 0.29) is 18.5 Å². The molecule has 1 amide bonds. The third kappa shape index (κ3) is 67.2. The van der Waals surface area contributed by atoms with Gasteiger partial charge in [0.2, 0.25) is 5.91 Å². The molecular weight excluding hydrogens is 1010 g/mol. The van der Waals surface area contributed by atoms with Crippen molar-refractivity contribution in [2.45, 2.75) is 424 Å². The van der Waals surface area contributed by atoms with E-state index in [9.17, 15) is 19.8 Å². The van der Waals surface area contributed by atoms with Crippen LogP contribution in [0.4, 0.5) is 0 Å². The van der Waals surface area contributed by atoms with Gasteiger partial charge in [-0.25, -0.2) is 0 Å². The molecule has 0 spiro atoms. The highest BCUT2D eigenvalue weighted by Crippen LogP contribution is 2.19. The van der Waals surface area contributed by atoms with Gasteiger partial charge >= 0.3 is 5.97 Å². The van der Waals surface area contributed by atoms with Crippen LogP contribution in [0.3, 0.4) is 0 Å². The molecule has 0 rings (SSSR count). The molecule has 2 atom stereocenters. The maximum Gasteiger partial charge on any atom is 0.305 e. The van der Waals surface area contributed by atoms with Crippen LogP contribution in [0.25, 0.3) is 0 Å². The molecular formula is C76H145NO5. The summed E-state index contributed by atoms with van der Waals surface area (Å²) in [5.74, 6) is -0.0524. The molecule has 0 bridgehead atoms. The van der Waals surface area contributed by atoms with Gasteiger partial charge in [-0.3, -0.25) is 9.59 Å². The monoisotopic (exact) mass is 1150 g/mol. The molecule has 0 aliphatic heterocycles. The minimum absolute atomic E-state index is 0.00909. The molecule has 0 aliphatic carbocycles. The van der Waals surface area contributed by atoms with Crippen molar-refractivity contribution in [3.63, 3.8) is 0 Å². The van der Waals surface area contributed by atoms with Gasteiger partial charge < -0.3 is 20.3 Å². The zero-order chi connectivity index (χ0) is 59.2. The Morgan fingerprint density at radius 3 is 0.878 bits per heavy atom. The molecule has 0 heterocycles. The Balaban J connectivity index is 3.38. The predicted molar refractivity (Wildman–Crippen MR) is 361 cm³/mol. The third-order valence-electron chi connectivity index (χ3n) is 17.4. The number of unbranched alkanes of at least 4 members (excludes halogenated alkanes) is 55. The van der Waals surface area contributed by atoms with Gasteiger partial charge in [0.15, 0.2) is 0 Å². The lowest BCUT2D eigenvalue weighted by molar-refractivity contribution is -0.143. The van der Waals surface area contributed by atoms with E-state index in [4.69, 9.17) is 4.74 Å². The summed E-state index contributed by atoms with van der Waals surface area (Å²) >= 11 is 0. The summed E-state index contributed by atoms with van der Waals surface area (Å²) in [6.07, 6.45) is 92.4. The molecule has 0 radical (unpaired) electrons. The van der Waals surface area contributed by atoms with Crippen molar-refractivity contribution in [2.24, 2.45) is 0 Å². The minimum Gasteiger partial charge on any atom is -0.466 e. The summed E-state index contributed by atoms with van der Waals surface area (Å²) in [6, 6.07) is -0.627. The maximum absolute atomic E-state index is 12.5.